The van der Waals surface area contributed by atoms with Crippen LogP contribution in [-0.4, -0.2) is 5.78 Å². The third kappa shape index (κ3) is 1.25. The van der Waals surface area contributed by atoms with Crippen molar-refractivity contribution in [3.8, 4) is 6.07 Å². The zero-order valence-electron chi connectivity index (χ0n) is 7.71. The molecule has 0 radical (unpaired) electrons. The van der Waals surface area contributed by atoms with E-state index < -0.39 is 0 Å². The van der Waals surface area contributed by atoms with Crippen LogP contribution in [0.2, 0.25) is 0 Å². The van der Waals surface area contributed by atoms with Gasteiger partial charge in [-0.25, -0.2) is 0 Å². The summed E-state index contributed by atoms with van der Waals surface area (Å²) < 4.78 is 0. The van der Waals surface area contributed by atoms with Gasteiger partial charge in [-0.15, -0.1) is 0 Å². The molecule has 1 aromatic carbocycles. The number of fused-ring (bicyclic) bond motifs is 1. The van der Waals surface area contributed by atoms with Gasteiger partial charge in [0.15, 0.2) is 0 Å². The van der Waals surface area contributed by atoms with E-state index in [1.54, 1.807) is 6.07 Å². The van der Waals surface area contributed by atoms with Gasteiger partial charge in [-0.3, -0.25) is 4.79 Å². The number of hydrogen-bond donors (Lipinski definition) is 1. The number of benzene rings is 1. The zero-order valence-corrected chi connectivity index (χ0v) is 7.71. The molecule has 0 aromatic heterocycles. The average molecular weight is 186 g/mol. The quantitative estimate of drug-likeness (QED) is 0.619. The lowest BCUT2D eigenvalue weighted by atomic mass is 9.87. The Morgan fingerprint density at radius 1 is 1.36 bits per heavy atom. The lowest BCUT2D eigenvalue weighted by Crippen LogP contribution is -2.15. The highest BCUT2D eigenvalue weighted by Crippen LogP contribution is 2.26. The Morgan fingerprint density at radius 3 is 2.86 bits per heavy atom. The van der Waals surface area contributed by atoms with E-state index in [0.717, 1.165) is 11.1 Å². The summed E-state index contributed by atoms with van der Waals surface area (Å²) >= 11 is 0. The fraction of sp³-hybridized carbons (Fsp3) is 0.273. The van der Waals surface area contributed by atoms with Crippen LogP contribution >= 0.6 is 0 Å². The number of anilines is 1. The second-order valence-electron chi connectivity index (χ2n) is 3.49. The van der Waals surface area contributed by atoms with Crippen LogP contribution in [0.3, 0.4) is 0 Å². The molecule has 70 valence electrons. The summed E-state index contributed by atoms with van der Waals surface area (Å²) in [5.41, 5.74) is 8.68. The van der Waals surface area contributed by atoms with E-state index in [9.17, 15) is 4.79 Å². The smallest absolute Gasteiger partial charge is 0.137 e. The van der Waals surface area contributed by atoms with E-state index in [4.69, 9.17) is 11.0 Å². The van der Waals surface area contributed by atoms with Crippen molar-refractivity contribution in [3.05, 3.63) is 28.8 Å². The fourth-order valence-electron chi connectivity index (χ4n) is 1.86. The molecule has 0 atom stereocenters. The van der Waals surface area contributed by atoms with E-state index in [-0.39, 0.29) is 5.78 Å². The van der Waals surface area contributed by atoms with Crippen LogP contribution in [0.25, 0.3) is 0 Å². The van der Waals surface area contributed by atoms with Gasteiger partial charge in [0, 0.05) is 18.5 Å². The van der Waals surface area contributed by atoms with E-state index >= 15 is 0 Å². The third-order valence-electron chi connectivity index (χ3n) is 2.60. The normalized spacial score (nSPS) is 14.6. The molecule has 0 amide bonds. The fourth-order valence-corrected chi connectivity index (χ4v) is 1.86. The number of carbonyl (C=O) groups excluding carboxylic acids is 1. The van der Waals surface area contributed by atoms with Crippen LogP contribution in [0.1, 0.15) is 23.1 Å². The summed E-state index contributed by atoms with van der Waals surface area (Å²) in [5.74, 6) is 0.242. The van der Waals surface area contributed by atoms with Gasteiger partial charge in [0.1, 0.15) is 11.9 Å². The molecule has 1 aliphatic carbocycles. The maximum atomic E-state index is 11.2. The predicted octanol–water partition coefficient (Wildman–Crippen LogP) is 1.20. The highest BCUT2D eigenvalue weighted by atomic mass is 16.1. The first-order valence-corrected chi connectivity index (χ1v) is 4.54. The predicted molar refractivity (Wildman–Crippen MR) is 52.6 cm³/mol. The second kappa shape index (κ2) is 3.15. The molecule has 3 nitrogen and oxygen atoms in total. The standard InChI is InChI=1S/C11H10N2O/c12-6-10-9-3-2-8(14)5-7(9)1-4-11(10)13/h1,4H,2-3,5,13H2. The van der Waals surface area contributed by atoms with Gasteiger partial charge in [-0.05, 0) is 23.6 Å². The molecule has 0 heterocycles. The summed E-state index contributed by atoms with van der Waals surface area (Å²) in [7, 11) is 0. The van der Waals surface area contributed by atoms with Gasteiger partial charge in [0.05, 0.1) is 5.56 Å². The largest absolute Gasteiger partial charge is 0.398 e. The number of ketones is 1. The van der Waals surface area contributed by atoms with Crippen LogP contribution < -0.4 is 5.73 Å². The molecule has 0 saturated carbocycles. The number of nitrogen functional groups attached to an aromatic ring is 1. The Morgan fingerprint density at radius 2 is 2.14 bits per heavy atom. The van der Waals surface area contributed by atoms with Crippen molar-refractivity contribution in [1.82, 2.24) is 0 Å². The first-order chi connectivity index (χ1) is 6.72. The van der Waals surface area contributed by atoms with Crippen LogP contribution in [0.5, 0.6) is 0 Å². The van der Waals surface area contributed by atoms with Crippen molar-refractivity contribution < 1.29 is 4.79 Å². The minimum absolute atomic E-state index is 0.242. The van der Waals surface area contributed by atoms with Crippen molar-refractivity contribution in [1.29, 1.82) is 5.26 Å². The molecular formula is C11H10N2O. The van der Waals surface area contributed by atoms with Crippen LogP contribution in [0, 0.1) is 11.3 Å². The van der Waals surface area contributed by atoms with Crippen molar-refractivity contribution in [2.45, 2.75) is 19.3 Å². The van der Waals surface area contributed by atoms with Crippen LogP contribution in [0.4, 0.5) is 5.69 Å². The molecule has 0 aliphatic heterocycles. The van der Waals surface area contributed by atoms with Crippen molar-refractivity contribution in [3.63, 3.8) is 0 Å². The molecule has 0 saturated heterocycles. The summed E-state index contributed by atoms with van der Waals surface area (Å²) in [6, 6.07) is 5.66. The summed E-state index contributed by atoms with van der Waals surface area (Å²) in [6.07, 6.45) is 1.64. The highest BCUT2D eigenvalue weighted by molar-refractivity contribution is 5.84. The number of rotatable bonds is 0. The summed E-state index contributed by atoms with van der Waals surface area (Å²) in [6.45, 7) is 0. The molecule has 1 aromatic rings. The molecule has 0 unspecified atom stereocenters. The van der Waals surface area contributed by atoms with Crippen LogP contribution in [0.15, 0.2) is 12.1 Å². The second-order valence-corrected chi connectivity index (χ2v) is 3.49. The minimum atomic E-state index is 0.242. The summed E-state index contributed by atoms with van der Waals surface area (Å²) in [4.78, 5) is 11.2. The number of Topliss-reactive ketones (excluding diaryl/α,β-unsaturated/α-hetero) is 1. The molecule has 14 heavy (non-hydrogen) atoms. The molecular weight excluding hydrogens is 176 g/mol. The van der Waals surface area contributed by atoms with Gasteiger partial charge >= 0.3 is 0 Å². The van der Waals surface area contributed by atoms with Crippen molar-refractivity contribution >= 4 is 11.5 Å². The third-order valence-corrected chi connectivity index (χ3v) is 2.60. The number of carbonyl (C=O) groups is 1. The number of nitrogens with two attached hydrogens (primary N) is 1. The molecule has 3 heteroatoms. The maximum Gasteiger partial charge on any atom is 0.137 e. The van der Waals surface area contributed by atoms with Gasteiger partial charge < -0.3 is 5.73 Å². The number of nitriles is 1. The molecule has 0 bridgehead atoms. The summed E-state index contributed by atoms with van der Waals surface area (Å²) in [5, 5.41) is 8.93. The van der Waals surface area contributed by atoms with Gasteiger partial charge in [0.2, 0.25) is 0 Å². The lowest BCUT2D eigenvalue weighted by Gasteiger charge is -2.16. The molecule has 0 fully saturated rings. The lowest BCUT2D eigenvalue weighted by molar-refractivity contribution is -0.118. The maximum absolute atomic E-state index is 11.2. The molecule has 0 spiro atoms. The Balaban J connectivity index is 2.59. The first kappa shape index (κ1) is 8.76. The molecule has 1 aliphatic rings. The number of nitrogens with zero attached hydrogens (tertiary/aromatic N) is 1. The van der Waals surface area contributed by atoms with E-state index in [1.165, 1.54) is 0 Å². The van der Waals surface area contributed by atoms with E-state index in [0.29, 0.717) is 30.5 Å². The topological polar surface area (TPSA) is 66.9 Å². The van der Waals surface area contributed by atoms with Crippen molar-refractivity contribution in [2.75, 3.05) is 5.73 Å². The first-order valence-electron chi connectivity index (χ1n) is 4.54. The number of hydrogen-bond acceptors (Lipinski definition) is 3. The molecule has 2 N–H and O–H groups in total. The monoisotopic (exact) mass is 186 g/mol. The van der Waals surface area contributed by atoms with E-state index in [2.05, 4.69) is 6.07 Å². The Kier molecular flexibility index (Phi) is 1.97. The van der Waals surface area contributed by atoms with E-state index in [1.807, 2.05) is 6.07 Å². The molecule has 2 rings (SSSR count). The highest BCUT2D eigenvalue weighted by Gasteiger charge is 2.19. The zero-order chi connectivity index (χ0) is 10.1. The Hall–Kier alpha value is -1.82. The minimum Gasteiger partial charge on any atom is -0.398 e. The Labute approximate surface area is 82.1 Å². The van der Waals surface area contributed by atoms with Gasteiger partial charge in [-0.2, -0.15) is 5.26 Å². The van der Waals surface area contributed by atoms with Crippen LogP contribution in [-0.2, 0) is 17.6 Å². The van der Waals surface area contributed by atoms with Gasteiger partial charge in [0.25, 0.3) is 0 Å². The van der Waals surface area contributed by atoms with Crippen molar-refractivity contribution in [2.24, 2.45) is 0 Å². The van der Waals surface area contributed by atoms with Gasteiger partial charge in [-0.1, -0.05) is 6.07 Å². The SMILES string of the molecule is N#Cc1c(N)ccc2c1CCC(=O)C2. The Bertz CT molecular complexity index is 443. The average Bonchev–Trinajstić information content (AvgIpc) is 2.18.